The first-order valence-electron chi connectivity index (χ1n) is 15.5. The summed E-state index contributed by atoms with van der Waals surface area (Å²) in [5.74, 6) is 0.691. The Balaban J connectivity index is 0.000000191. The van der Waals surface area contributed by atoms with Gasteiger partial charge in [0.2, 0.25) is 0 Å². The van der Waals surface area contributed by atoms with Crippen LogP contribution in [0.15, 0.2) is 170 Å². The van der Waals surface area contributed by atoms with Crippen LogP contribution in [-0.2, 0) is 24.7 Å². The van der Waals surface area contributed by atoms with Crippen LogP contribution in [0.2, 0.25) is 0 Å². The van der Waals surface area contributed by atoms with E-state index in [0.29, 0.717) is 5.82 Å². The monoisotopic (exact) mass is 814 g/mol. The van der Waals surface area contributed by atoms with Gasteiger partial charge in [-0.2, -0.15) is 18.2 Å². The van der Waals surface area contributed by atoms with Gasteiger partial charge in [0, 0.05) is 36.9 Å². The zero-order valence-corrected chi connectivity index (χ0v) is 29.0. The van der Waals surface area contributed by atoms with Crippen molar-refractivity contribution >= 4 is 66.4 Å². The standard InChI is InChI=1S/C30H20OP.C12H8N3.Ir/c31-32(28-16-13-22-7-1-4-10-25(22)19-28,29-17-14-23-8-2-5-11-26(23)20-29)30-18-15-24-9-3-6-12-27(24)21-30;1-2-6-10-9(5-1)14-12(15-10)11-7-3-4-8-13-11;/h1-17,19-21H;1-8H;/q2*-1;. The number of nitrogens with zero attached hydrogens (tertiary/aromatic N) is 3. The Labute approximate surface area is 292 Å². The van der Waals surface area contributed by atoms with E-state index < -0.39 is 7.14 Å². The van der Waals surface area contributed by atoms with Crippen molar-refractivity contribution in [1.29, 1.82) is 0 Å². The molecule has 0 fully saturated rings. The Morgan fingerprint density at radius 1 is 0.542 bits per heavy atom. The van der Waals surface area contributed by atoms with Crippen molar-refractivity contribution in [2.75, 3.05) is 0 Å². The van der Waals surface area contributed by atoms with Crippen molar-refractivity contribution in [1.82, 2.24) is 15.0 Å². The van der Waals surface area contributed by atoms with E-state index in [1.54, 1.807) is 6.20 Å². The minimum atomic E-state index is -3.15. The summed E-state index contributed by atoms with van der Waals surface area (Å²) < 4.78 is 15.1. The van der Waals surface area contributed by atoms with Crippen LogP contribution >= 0.6 is 7.14 Å². The van der Waals surface area contributed by atoms with Crippen LogP contribution in [0.3, 0.4) is 0 Å². The molecular weight excluding hydrogens is 786 g/mol. The zero-order valence-electron chi connectivity index (χ0n) is 25.7. The quantitative estimate of drug-likeness (QED) is 0.132. The van der Waals surface area contributed by atoms with Gasteiger partial charge in [-0.25, -0.2) is 0 Å². The van der Waals surface area contributed by atoms with Gasteiger partial charge in [-0.15, -0.1) is 16.8 Å². The second kappa shape index (κ2) is 13.5. The minimum absolute atomic E-state index is 0. The minimum Gasteiger partial charge on any atom is -0.434 e. The molecule has 0 saturated heterocycles. The summed E-state index contributed by atoms with van der Waals surface area (Å²) >= 11 is 0. The van der Waals surface area contributed by atoms with Gasteiger partial charge in [0.05, 0.1) is 5.69 Å². The molecule has 0 aliphatic heterocycles. The van der Waals surface area contributed by atoms with Gasteiger partial charge in [0.1, 0.15) is 7.14 Å². The molecule has 7 aromatic carbocycles. The molecule has 2 aromatic heterocycles. The number of aromatic nitrogens is 3. The van der Waals surface area contributed by atoms with E-state index in [1.807, 2.05) is 103 Å². The van der Waals surface area contributed by atoms with E-state index >= 15 is 4.57 Å². The molecule has 0 bridgehead atoms. The molecule has 4 nitrogen and oxygen atoms in total. The van der Waals surface area contributed by atoms with E-state index in [9.17, 15) is 0 Å². The van der Waals surface area contributed by atoms with Gasteiger partial charge in [-0.1, -0.05) is 127 Å². The summed E-state index contributed by atoms with van der Waals surface area (Å²) in [6.07, 6.45) is 1.75. The van der Waals surface area contributed by atoms with E-state index in [4.69, 9.17) is 0 Å². The molecule has 9 rings (SSSR count). The molecule has 233 valence electrons. The third-order valence-electron chi connectivity index (χ3n) is 8.42. The first-order chi connectivity index (χ1) is 23.1. The Morgan fingerprint density at radius 2 is 1.08 bits per heavy atom. The maximum atomic E-state index is 15.1. The summed E-state index contributed by atoms with van der Waals surface area (Å²) in [7, 11) is -3.15. The summed E-state index contributed by atoms with van der Waals surface area (Å²) in [6, 6.07) is 57.8. The van der Waals surface area contributed by atoms with Crippen molar-refractivity contribution in [2.24, 2.45) is 0 Å². The van der Waals surface area contributed by atoms with Crippen LogP contribution in [0.4, 0.5) is 0 Å². The third kappa shape index (κ3) is 6.00. The Kier molecular flexibility index (Phi) is 8.84. The SMILES string of the molecule is O=P(c1[c-]cc2ccccc2c1)(c1ccc2ccccc2c1)c1ccc2ccccc2c1.[Ir].c1ccc(-c2nc3ccccc3[n-]2)nc1. The topological polar surface area (TPSA) is 57.0 Å². The first kappa shape index (κ1) is 31.4. The van der Waals surface area contributed by atoms with Crippen molar-refractivity contribution in [3.05, 3.63) is 176 Å². The number of pyridine rings is 1. The molecule has 0 amide bonds. The predicted molar refractivity (Wildman–Crippen MR) is 195 cm³/mol. The molecule has 48 heavy (non-hydrogen) atoms. The van der Waals surface area contributed by atoms with Gasteiger partial charge in [0.15, 0.2) is 0 Å². The molecule has 0 saturated carbocycles. The number of hydrogen-bond donors (Lipinski definition) is 0. The second-order valence-corrected chi connectivity index (χ2v) is 14.1. The number of rotatable bonds is 4. The van der Waals surface area contributed by atoms with Crippen LogP contribution in [-0.4, -0.2) is 9.97 Å². The molecule has 2 heterocycles. The van der Waals surface area contributed by atoms with E-state index in [2.05, 4.69) is 81.7 Å². The second-order valence-electron chi connectivity index (χ2n) is 11.4. The maximum absolute atomic E-state index is 15.1. The molecule has 9 aromatic rings. The van der Waals surface area contributed by atoms with Gasteiger partial charge in [0.25, 0.3) is 0 Å². The van der Waals surface area contributed by atoms with Crippen molar-refractivity contribution in [3.8, 4) is 11.5 Å². The van der Waals surface area contributed by atoms with E-state index in [0.717, 1.165) is 65.0 Å². The maximum Gasteiger partial charge on any atom is 0.147 e. The largest absolute Gasteiger partial charge is 0.434 e. The van der Waals surface area contributed by atoms with Crippen LogP contribution in [0, 0.1) is 6.07 Å². The molecular formula is C42H28IrN3OP-2. The van der Waals surface area contributed by atoms with Crippen molar-refractivity contribution < 1.29 is 24.7 Å². The summed E-state index contributed by atoms with van der Waals surface area (Å²) in [5.41, 5.74) is 2.64. The molecule has 0 aliphatic rings. The molecule has 0 N–H and O–H groups in total. The normalized spacial score (nSPS) is 11.2. The molecule has 0 atom stereocenters. The fraction of sp³-hybridized carbons (Fsp3) is 0. The predicted octanol–water partition coefficient (Wildman–Crippen LogP) is 8.84. The number of para-hydroxylation sites is 2. The van der Waals surface area contributed by atoms with Crippen molar-refractivity contribution in [2.45, 2.75) is 0 Å². The Bertz CT molecular complexity index is 2350. The fourth-order valence-corrected chi connectivity index (χ4v) is 8.62. The van der Waals surface area contributed by atoms with Gasteiger partial charge < -0.3 is 14.5 Å². The van der Waals surface area contributed by atoms with Crippen molar-refractivity contribution in [3.63, 3.8) is 0 Å². The summed E-state index contributed by atoms with van der Waals surface area (Å²) in [5, 5.41) is 9.03. The molecule has 0 spiro atoms. The van der Waals surface area contributed by atoms with Crippen LogP contribution in [0.5, 0.6) is 0 Å². The number of imidazole rings is 1. The zero-order chi connectivity index (χ0) is 31.6. The Morgan fingerprint density at radius 3 is 1.69 bits per heavy atom. The smallest absolute Gasteiger partial charge is 0.147 e. The van der Waals surface area contributed by atoms with Crippen LogP contribution in [0.25, 0.3) is 54.9 Å². The first-order valence-corrected chi connectivity index (χ1v) is 17.2. The van der Waals surface area contributed by atoms with Crippen LogP contribution < -0.4 is 20.9 Å². The molecule has 6 heteroatoms. The molecule has 1 radical (unpaired) electrons. The number of fused-ring (bicyclic) bond motifs is 4. The average Bonchev–Trinajstić information content (AvgIpc) is 3.59. The number of benzene rings is 7. The van der Waals surface area contributed by atoms with E-state index in [-0.39, 0.29) is 20.1 Å². The van der Waals surface area contributed by atoms with Crippen LogP contribution in [0.1, 0.15) is 0 Å². The summed E-state index contributed by atoms with van der Waals surface area (Å²) in [6.45, 7) is 0. The fourth-order valence-electron chi connectivity index (χ4n) is 5.98. The molecule has 0 aliphatic carbocycles. The van der Waals surface area contributed by atoms with E-state index in [1.165, 1.54) is 0 Å². The van der Waals surface area contributed by atoms with Gasteiger partial charge in [-0.3, -0.25) is 4.98 Å². The average molecular weight is 814 g/mol. The van der Waals surface area contributed by atoms with Gasteiger partial charge >= 0.3 is 0 Å². The Hall–Kier alpha value is -5.18. The third-order valence-corrected chi connectivity index (χ3v) is 11.4. The number of hydrogen-bond acceptors (Lipinski definition) is 3. The summed E-state index contributed by atoms with van der Waals surface area (Å²) in [4.78, 5) is 13.0. The van der Waals surface area contributed by atoms with Gasteiger partial charge in [-0.05, 0) is 62.7 Å². The molecule has 0 unspecified atom stereocenters.